The van der Waals surface area contributed by atoms with E-state index in [1.165, 1.54) is 39.9 Å². The number of azide groups is 2. The van der Waals surface area contributed by atoms with Gasteiger partial charge in [0.2, 0.25) is 0 Å². The molecule has 13 nitrogen and oxygen atoms in total. The minimum Gasteiger partial charge on any atom is -0.466 e. The molecule has 0 spiro atoms. The zero-order valence-corrected chi connectivity index (χ0v) is 31.6. The molecule has 268 valence electrons. The van der Waals surface area contributed by atoms with Crippen LogP contribution in [0.2, 0.25) is 0 Å². The number of thiazole rings is 2. The minimum absolute atomic E-state index is 0.0809. The number of benzene rings is 2. The number of rotatable bonds is 10. The van der Waals surface area contributed by atoms with E-state index in [-0.39, 0.29) is 29.7 Å². The molecular formula is C36H42N8O5S2. The third kappa shape index (κ3) is 14.2. The number of aldehydes is 1. The topological polar surface area (TPSA) is 193 Å². The summed E-state index contributed by atoms with van der Waals surface area (Å²) in [4.78, 5) is 47.8. The highest BCUT2D eigenvalue weighted by atomic mass is 32.1. The van der Waals surface area contributed by atoms with Gasteiger partial charge < -0.3 is 9.47 Å². The number of nitrogens with zero attached hydrogens (tertiary/aromatic N) is 8. The maximum Gasteiger partial charge on any atom is 0.340 e. The average molecular weight is 731 g/mol. The molecule has 0 amide bonds. The van der Waals surface area contributed by atoms with Gasteiger partial charge in [-0.3, -0.25) is 9.59 Å². The molecule has 0 unspecified atom stereocenters. The standard InChI is InChI=1S/C18H20N4O2S.C14H15NOS.C4H7N3O2/c1-5-24-17(23)15(21-22-19)10-14-11-20-16(25-14)12-6-8-13(9-7-12)18(2,3)4;1-14(2,3)11-6-4-10(5-7-11)13-15-8-12(9-16)17-13;1-2-9-4(8)3-6-7-5/h6-11H,5H2,1-4H3;4-9H,1-3H3;2-3H2,1H3/b15-10-;;. The Hall–Kier alpha value is -5.33. The van der Waals surface area contributed by atoms with Crippen LogP contribution >= 0.6 is 22.7 Å². The van der Waals surface area contributed by atoms with Crippen molar-refractivity contribution in [2.75, 3.05) is 19.8 Å². The Kier molecular flexibility index (Phi) is 16.7. The molecule has 0 saturated heterocycles. The molecule has 0 bridgehead atoms. The van der Waals surface area contributed by atoms with Crippen LogP contribution in [-0.4, -0.2) is 48.0 Å². The van der Waals surface area contributed by atoms with Crippen LogP contribution in [0, 0.1) is 0 Å². The van der Waals surface area contributed by atoms with Gasteiger partial charge in [-0.15, -0.1) is 22.7 Å². The number of esters is 2. The van der Waals surface area contributed by atoms with Gasteiger partial charge in [-0.1, -0.05) is 100 Å². The summed E-state index contributed by atoms with van der Waals surface area (Å²) in [5.41, 5.74) is 21.1. The van der Waals surface area contributed by atoms with Crippen LogP contribution in [0.15, 0.2) is 76.9 Å². The molecule has 2 aromatic carbocycles. The van der Waals surface area contributed by atoms with Crippen molar-refractivity contribution < 1.29 is 23.9 Å². The monoisotopic (exact) mass is 730 g/mol. The molecule has 0 atom stereocenters. The third-order valence-electron chi connectivity index (χ3n) is 6.64. The summed E-state index contributed by atoms with van der Waals surface area (Å²) in [6.45, 7) is 16.8. The maximum absolute atomic E-state index is 11.8. The molecule has 0 aliphatic carbocycles. The first kappa shape index (κ1) is 41.8. The fourth-order valence-electron chi connectivity index (χ4n) is 4.00. The van der Waals surface area contributed by atoms with Crippen molar-refractivity contribution in [2.45, 2.75) is 66.2 Å². The van der Waals surface area contributed by atoms with E-state index in [0.717, 1.165) is 27.4 Å². The van der Waals surface area contributed by atoms with Crippen molar-refractivity contribution in [1.29, 1.82) is 0 Å². The number of aromatic nitrogens is 2. The van der Waals surface area contributed by atoms with E-state index in [2.05, 4.69) is 113 Å². The number of hydrogen-bond donors (Lipinski definition) is 0. The second-order valence-corrected chi connectivity index (χ2v) is 14.7. The van der Waals surface area contributed by atoms with E-state index in [0.29, 0.717) is 16.4 Å². The molecule has 0 radical (unpaired) electrons. The third-order valence-corrected chi connectivity index (χ3v) is 8.61. The van der Waals surface area contributed by atoms with E-state index in [1.54, 1.807) is 26.2 Å². The Bertz CT molecular complexity index is 1870. The molecular weight excluding hydrogens is 689 g/mol. The molecule has 0 aliphatic rings. The van der Waals surface area contributed by atoms with Crippen LogP contribution < -0.4 is 0 Å². The average Bonchev–Trinajstić information content (AvgIpc) is 3.78. The second-order valence-electron chi connectivity index (χ2n) is 12.5. The van der Waals surface area contributed by atoms with Crippen molar-refractivity contribution in [1.82, 2.24) is 9.97 Å². The Morgan fingerprint density at radius 1 is 0.765 bits per heavy atom. The molecule has 0 fully saturated rings. The van der Waals surface area contributed by atoms with Gasteiger partial charge in [0.05, 0.1) is 18.1 Å². The summed E-state index contributed by atoms with van der Waals surface area (Å²) in [5.74, 6) is -1.14. The summed E-state index contributed by atoms with van der Waals surface area (Å²) < 4.78 is 9.32. The zero-order valence-electron chi connectivity index (χ0n) is 30.0. The smallest absolute Gasteiger partial charge is 0.340 e. The summed E-state index contributed by atoms with van der Waals surface area (Å²) in [5, 5.41) is 8.13. The lowest BCUT2D eigenvalue weighted by atomic mass is 9.87. The van der Waals surface area contributed by atoms with Crippen molar-refractivity contribution >= 4 is 47.0 Å². The second kappa shape index (κ2) is 20.4. The van der Waals surface area contributed by atoms with Gasteiger partial charge in [-0.2, -0.15) is 0 Å². The maximum atomic E-state index is 11.8. The Morgan fingerprint density at radius 3 is 1.63 bits per heavy atom. The highest BCUT2D eigenvalue weighted by Gasteiger charge is 2.15. The van der Waals surface area contributed by atoms with Gasteiger partial charge in [-0.25, -0.2) is 14.8 Å². The molecule has 4 aromatic rings. The van der Waals surface area contributed by atoms with Gasteiger partial charge in [0, 0.05) is 38.2 Å². The molecule has 4 rings (SSSR count). The minimum atomic E-state index is -0.648. The van der Waals surface area contributed by atoms with Crippen LogP contribution in [0.3, 0.4) is 0 Å². The lowest BCUT2D eigenvalue weighted by molar-refractivity contribution is -0.141. The van der Waals surface area contributed by atoms with E-state index in [4.69, 9.17) is 15.8 Å². The Morgan fingerprint density at radius 2 is 1.24 bits per heavy atom. The quantitative estimate of drug-likeness (QED) is 0.0386. The van der Waals surface area contributed by atoms with Crippen molar-refractivity contribution in [3.8, 4) is 21.1 Å². The number of carbonyl (C=O) groups excluding carboxylic acids is 3. The van der Waals surface area contributed by atoms with Crippen molar-refractivity contribution in [3.05, 3.63) is 108 Å². The predicted molar refractivity (Wildman–Crippen MR) is 202 cm³/mol. The van der Waals surface area contributed by atoms with Crippen molar-refractivity contribution in [3.63, 3.8) is 0 Å². The number of carbonyl (C=O) groups is 3. The van der Waals surface area contributed by atoms with Crippen LogP contribution in [0.5, 0.6) is 0 Å². The first-order chi connectivity index (χ1) is 24.2. The lowest BCUT2D eigenvalue weighted by Gasteiger charge is -2.18. The van der Waals surface area contributed by atoms with E-state index in [9.17, 15) is 14.4 Å². The first-order valence-corrected chi connectivity index (χ1v) is 17.5. The molecule has 51 heavy (non-hydrogen) atoms. The largest absolute Gasteiger partial charge is 0.466 e. The van der Waals surface area contributed by atoms with E-state index < -0.39 is 11.9 Å². The Labute approximate surface area is 305 Å². The van der Waals surface area contributed by atoms with Gasteiger partial charge in [-0.05, 0) is 52.9 Å². The molecule has 15 heteroatoms. The number of ether oxygens (including phenoxy) is 2. The molecule has 2 heterocycles. The van der Waals surface area contributed by atoms with Gasteiger partial charge in [0.1, 0.15) is 22.3 Å². The zero-order chi connectivity index (χ0) is 38.0. The van der Waals surface area contributed by atoms with Gasteiger partial charge in [0.25, 0.3) is 0 Å². The highest BCUT2D eigenvalue weighted by molar-refractivity contribution is 7.16. The fraction of sp³-hybridized carbons (Fsp3) is 0.361. The molecule has 0 saturated carbocycles. The highest BCUT2D eigenvalue weighted by Crippen LogP contribution is 2.30. The van der Waals surface area contributed by atoms with Crippen LogP contribution in [0.4, 0.5) is 0 Å². The molecule has 0 aliphatic heterocycles. The Balaban J connectivity index is 0.000000298. The summed E-state index contributed by atoms with van der Waals surface area (Å²) in [6, 6.07) is 16.6. The predicted octanol–water partition coefficient (Wildman–Crippen LogP) is 10.1. The SMILES string of the molecule is CC(C)(C)c1ccc(-c2ncc(C=O)s2)cc1.CCOC(=O)/C(=C/c1cnc(-c2ccc(C(C)(C)C)cc2)s1)N=[N+]=[N-].CCOC(=O)CN=[N+]=[N-]. The summed E-state index contributed by atoms with van der Waals surface area (Å²) >= 11 is 2.83. The lowest BCUT2D eigenvalue weighted by Crippen LogP contribution is -2.10. The van der Waals surface area contributed by atoms with E-state index >= 15 is 0 Å². The first-order valence-electron chi connectivity index (χ1n) is 15.9. The molecule has 0 N–H and O–H groups in total. The van der Waals surface area contributed by atoms with Gasteiger partial charge in [0.15, 0.2) is 6.29 Å². The number of hydrogen-bond acceptors (Lipinski definition) is 11. The van der Waals surface area contributed by atoms with Crippen LogP contribution in [0.1, 0.15) is 81.1 Å². The summed E-state index contributed by atoms with van der Waals surface area (Å²) in [7, 11) is 0. The van der Waals surface area contributed by atoms with Crippen molar-refractivity contribution in [2.24, 2.45) is 10.2 Å². The molecule has 2 aromatic heterocycles. The summed E-state index contributed by atoms with van der Waals surface area (Å²) in [6.07, 6.45) is 5.58. The fourth-order valence-corrected chi connectivity index (χ4v) is 5.59. The van der Waals surface area contributed by atoms with E-state index in [1.807, 2.05) is 12.1 Å². The van der Waals surface area contributed by atoms with Crippen LogP contribution in [0.25, 0.3) is 48.1 Å². The van der Waals surface area contributed by atoms with Crippen LogP contribution in [-0.2, 0) is 29.9 Å². The van der Waals surface area contributed by atoms with Gasteiger partial charge >= 0.3 is 11.9 Å². The normalized spacial score (nSPS) is 10.9.